The molecule has 1 nitrogen and oxygen atoms in total. The number of hydrogen-bond acceptors (Lipinski definition) is 1. The maximum Gasteiger partial charge on any atom is 0.00947 e. The predicted octanol–water partition coefficient (Wildman–Crippen LogP) is 2.67. The molecule has 72 valence electrons. The Morgan fingerprint density at radius 1 is 1.25 bits per heavy atom. The van der Waals surface area contributed by atoms with Gasteiger partial charge >= 0.3 is 0 Å². The summed E-state index contributed by atoms with van der Waals surface area (Å²) in [5.41, 5.74) is 0. The van der Waals surface area contributed by atoms with Crippen molar-refractivity contribution in [2.24, 2.45) is 17.8 Å². The third-order valence-corrected chi connectivity index (χ3v) is 3.34. The van der Waals surface area contributed by atoms with Gasteiger partial charge in [0.1, 0.15) is 0 Å². The minimum atomic E-state index is 0.748. The van der Waals surface area contributed by atoms with Crippen molar-refractivity contribution in [1.29, 1.82) is 0 Å². The molecule has 0 spiro atoms. The molecular weight excluding hydrogens is 146 g/mol. The Bertz CT molecular complexity index is 127. The Morgan fingerprint density at radius 3 is 2.17 bits per heavy atom. The molecule has 0 aromatic carbocycles. The molecule has 0 aliphatic heterocycles. The van der Waals surface area contributed by atoms with Crippen LogP contribution in [0.3, 0.4) is 0 Å². The summed E-state index contributed by atoms with van der Waals surface area (Å²) in [6, 6.07) is 0.748. The van der Waals surface area contributed by atoms with Crippen LogP contribution in [0.25, 0.3) is 0 Å². The smallest absolute Gasteiger partial charge is 0.00947 e. The van der Waals surface area contributed by atoms with Crippen LogP contribution in [0.2, 0.25) is 0 Å². The van der Waals surface area contributed by atoms with Gasteiger partial charge in [0.25, 0.3) is 0 Å². The van der Waals surface area contributed by atoms with Crippen LogP contribution in [0, 0.1) is 17.8 Å². The van der Waals surface area contributed by atoms with Crippen LogP contribution in [-0.4, -0.2) is 13.1 Å². The fourth-order valence-electron chi connectivity index (χ4n) is 1.77. The van der Waals surface area contributed by atoms with Gasteiger partial charge in [0.05, 0.1) is 0 Å². The first-order valence-corrected chi connectivity index (χ1v) is 5.32. The van der Waals surface area contributed by atoms with E-state index in [-0.39, 0.29) is 0 Å². The van der Waals surface area contributed by atoms with Crippen LogP contribution in [0.4, 0.5) is 0 Å². The van der Waals surface area contributed by atoms with Gasteiger partial charge in [0.2, 0.25) is 0 Å². The Labute approximate surface area is 76.9 Å². The zero-order chi connectivity index (χ0) is 9.14. The molecule has 0 amide bonds. The number of rotatable bonds is 5. The first kappa shape index (κ1) is 10.0. The summed E-state index contributed by atoms with van der Waals surface area (Å²) in [5.74, 6) is 2.67. The highest BCUT2D eigenvalue weighted by molar-refractivity contribution is 4.83. The first-order chi connectivity index (χ1) is 5.65. The highest BCUT2D eigenvalue weighted by Crippen LogP contribution is 2.35. The fraction of sp³-hybridized carbons (Fsp3) is 1.00. The largest absolute Gasteiger partial charge is 0.317 e. The zero-order valence-corrected chi connectivity index (χ0v) is 8.93. The molecule has 1 aliphatic carbocycles. The standard InChI is InChI=1S/C11H23N/c1-8(2)9(3)11(12-4)7-10-5-6-10/h8-12H,5-7H2,1-4H3. The summed E-state index contributed by atoms with van der Waals surface area (Å²) < 4.78 is 0. The van der Waals surface area contributed by atoms with Crippen molar-refractivity contribution >= 4 is 0 Å². The fourth-order valence-corrected chi connectivity index (χ4v) is 1.77. The molecule has 0 aromatic rings. The molecule has 12 heavy (non-hydrogen) atoms. The summed E-state index contributed by atoms with van der Waals surface area (Å²) in [7, 11) is 2.10. The minimum absolute atomic E-state index is 0.748. The van der Waals surface area contributed by atoms with Gasteiger partial charge in [-0.05, 0) is 31.2 Å². The van der Waals surface area contributed by atoms with Gasteiger partial charge in [0.15, 0.2) is 0 Å². The Hall–Kier alpha value is -0.0400. The highest BCUT2D eigenvalue weighted by Gasteiger charge is 2.28. The normalized spacial score (nSPS) is 22.8. The quantitative estimate of drug-likeness (QED) is 0.667. The van der Waals surface area contributed by atoms with Crippen molar-refractivity contribution in [1.82, 2.24) is 5.32 Å². The maximum absolute atomic E-state index is 3.45. The molecule has 1 aliphatic rings. The summed E-state index contributed by atoms with van der Waals surface area (Å²) in [5, 5.41) is 3.45. The van der Waals surface area contributed by atoms with E-state index in [0.717, 1.165) is 23.8 Å². The van der Waals surface area contributed by atoms with Gasteiger partial charge in [-0.15, -0.1) is 0 Å². The topological polar surface area (TPSA) is 12.0 Å². The van der Waals surface area contributed by atoms with Gasteiger partial charge in [0, 0.05) is 6.04 Å². The second-order valence-electron chi connectivity index (χ2n) is 4.68. The van der Waals surface area contributed by atoms with Crippen LogP contribution in [0.15, 0.2) is 0 Å². The molecule has 2 atom stereocenters. The molecule has 0 radical (unpaired) electrons. The zero-order valence-electron chi connectivity index (χ0n) is 8.93. The summed E-state index contributed by atoms with van der Waals surface area (Å²) >= 11 is 0. The van der Waals surface area contributed by atoms with E-state index in [4.69, 9.17) is 0 Å². The number of hydrogen-bond donors (Lipinski definition) is 1. The van der Waals surface area contributed by atoms with E-state index in [1.807, 2.05) is 0 Å². The molecule has 1 saturated carbocycles. The lowest BCUT2D eigenvalue weighted by Crippen LogP contribution is -2.35. The molecule has 0 aromatic heterocycles. The molecule has 0 saturated heterocycles. The molecule has 0 bridgehead atoms. The van der Waals surface area contributed by atoms with Crippen LogP contribution >= 0.6 is 0 Å². The predicted molar refractivity (Wildman–Crippen MR) is 54.2 cm³/mol. The van der Waals surface area contributed by atoms with E-state index in [1.165, 1.54) is 19.3 Å². The van der Waals surface area contributed by atoms with Gasteiger partial charge < -0.3 is 5.32 Å². The van der Waals surface area contributed by atoms with E-state index in [0.29, 0.717) is 0 Å². The molecule has 1 rings (SSSR count). The second-order valence-corrected chi connectivity index (χ2v) is 4.68. The second kappa shape index (κ2) is 4.27. The number of nitrogens with one attached hydrogen (secondary N) is 1. The molecule has 1 fully saturated rings. The van der Waals surface area contributed by atoms with Crippen molar-refractivity contribution in [2.45, 2.75) is 46.1 Å². The Kier molecular flexibility index (Phi) is 3.57. The maximum atomic E-state index is 3.45. The van der Waals surface area contributed by atoms with Crippen molar-refractivity contribution in [3.8, 4) is 0 Å². The first-order valence-electron chi connectivity index (χ1n) is 5.32. The average molecular weight is 169 g/mol. The summed E-state index contributed by atoms with van der Waals surface area (Å²) in [6.45, 7) is 7.01. The Balaban J connectivity index is 2.31. The molecular formula is C11H23N. The van der Waals surface area contributed by atoms with Crippen LogP contribution in [0.1, 0.15) is 40.0 Å². The van der Waals surface area contributed by atoms with Gasteiger partial charge in [-0.2, -0.15) is 0 Å². The van der Waals surface area contributed by atoms with Gasteiger partial charge in [-0.1, -0.05) is 33.6 Å². The van der Waals surface area contributed by atoms with E-state index in [2.05, 4.69) is 33.1 Å². The molecule has 1 heteroatoms. The Morgan fingerprint density at radius 2 is 1.83 bits per heavy atom. The van der Waals surface area contributed by atoms with Crippen LogP contribution in [0.5, 0.6) is 0 Å². The molecule has 0 heterocycles. The van der Waals surface area contributed by atoms with Gasteiger partial charge in [-0.3, -0.25) is 0 Å². The van der Waals surface area contributed by atoms with E-state index < -0.39 is 0 Å². The summed E-state index contributed by atoms with van der Waals surface area (Å²) in [6.07, 6.45) is 4.35. The lowest BCUT2D eigenvalue weighted by molar-refractivity contribution is 0.289. The minimum Gasteiger partial charge on any atom is -0.317 e. The molecule has 1 N–H and O–H groups in total. The summed E-state index contributed by atoms with van der Waals surface area (Å²) in [4.78, 5) is 0. The SMILES string of the molecule is CNC(CC1CC1)C(C)C(C)C. The van der Waals surface area contributed by atoms with Crippen LogP contribution in [-0.2, 0) is 0 Å². The van der Waals surface area contributed by atoms with Crippen molar-refractivity contribution in [2.75, 3.05) is 7.05 Å². The van der Waals surface area contributed by atoms with E-state index >= 15 is 0 Å². The monoisotopic (exact) mass is 169 g/mol. The van der Waals surface area contributed by atoms with E-state index in [1.54, 1.807) is 0 Å². The third-order valence-electron chi connectivity index (χ3n) is 3.34. The molecule has 2 unspecified atom stereocenters. The van der Waals surface area contributed by atoms with Crippen LogP contribution < -0.4 is 5.32 Å². The van der Waals surface area contributed by atoms with Crippen molar-refractivity contribution < 1.29 is 0 Å². The third kappa shape index (κ3) is 2.78. The van der Waals surface area contributed by atoms with Crippen molar-refractivity contribution in [3.63, 3.8) is 0 Å². The highest BCUT2D eigenvalue weighted by atomic mass is 14.9. The lowest BCUT2D eigenvalue weighted by atomic mass is 9.87. The lowest BCUT2D eigenvalue weighted by Gasteiger charge is -2.26. The van der Waals surface area contributed by atoms with Gasteiger partial charge in [-0.25, -0.2) is 0 Å². The van der Waals surface area contributed by atoms with Crippen molar-refractivity contribution in [3.05, 3.63) is 0 Å². The average Bonchev–Trinajstić information content (AvgIpc) is 2.82. The van der Waals surface area contributed by atoms with E-state index in [9.17, 15) is 0 Å².